The molecule has 9 heteroatoms. The molecule has 0 radical (unpaired) electrons. The lowest BCUT2D eigenvalue weighted by Gasteiger charge is -2.34. The van der Waals surface area contributed by atoms with E-state index >= 15 is 0 Å². The van der Waals surface area contributed by atoms with Gasteiger partial charge < -0.3 is 19.5 Å². The minimum atomic E-state index is -0.579. The lowest BCUT2D eigenvalue weighted by molar-refractivity contribution is 0.0693. The standard InChI is InChI=1S/C27H31FN4O4/c28-21-5-6-23-22(15-21)25-24(32(23)16-18-1-3-20(4-2-18)26(34)29-36)9-12-31(27(25)35)14-13-30-10-7-19(17-33)8-11-30/h1-6,15,19,33,36H,7-14,16-17H2,(H,29,34). The Hall–Kier alpha value is -3.27. The molecule has 2 aliphatic rings. The van der Waals surface area contributed by atoms with Crippen LogP contribution in [0.15, 0.2) is 42.5 Å². The molecule has 0 bridgehead atoms. The zero-order valence-corrected chi connectivity index (χ0v) is 20.1. The number of likely N-dealkylation sites (tertiary alicyclic amines) is 1. The maximum Gasteiger partial charge on any atom is 0.274 e. The van der Waals surface area contributed by atoms with Crippen LogP contribution in [0.25, 0.3) is 10.9 Å². The SMILES string of the molecule is O=C(NO)c1ccc(Cn2c3c(c4cc(F)ccc42)C(=O)N(CCN2CCC(CO)CC2)CC3)cc1. The van der Waals surface area contributed by atoms with Crippen molar-refractivity contribution in [3.8, 4) is 0 Å². The lowest BCUT2D eigenvalue weighted by atomic mass is 9.98. The van der Waals surface area contributed by atoms with Crippen LogP contribution in [0.5, 0.6) is 0 Å². The van der Waals surface area contributed by atoms with Crippen molar-refractivity contribution in [3.63, 3.8) is 0 Å². The number of aromatic nitrogens is 1. The van der Waals surface area contributed by atoms with Crippen molar-refractivity contribution in [2.24, 2.45) is 5.92 Å². The first-order chi connectivity index (χ1) is 17.5. The lowest BCUT2D eigenvalue weighted by Crippen LogP contribution is -2.44. The third-order valence-corrected chi connectivity index (χ3v) is 7.56. The molecule has 2 aliphatic heterocycles. The van der Waals surface area contributed by atoms with Gasteiger partial charge in [-0.15, -0.1) is 0 Å². The van der Waals surface area contributed by atoms with E-state index in [9.17, 15) is 19.1 Å². The predicted molar refractivity (Wildman–Crippen MR) is 133 cm³/mol. The highest BCUT2D eigenvalue weighted by atomic mass is 19.1. The van der Waals surface area contributed by atoms with Crippen molar-refractivity contribution >= 4 is 22.7 Å². The Labute approximate surface area is 208 Å². The number of hydroxylamine groups is 1. The van der Waals surface area contributed by atoms with Crippen molar-refractivity contribution in [1.29, 1.82) is 0 Å². The maximum atomic E-state index is 14.3. The molecule has 1 fully saturated rings. The monoisotopic (exact) mass is 494 g/mol. The highest BCUT2D eigenvalue weighted by Crippen LogP contribution is 2.32. The van der Waals surface area contributed by atoms with Crippen LogP contribution in [-0.2, 0) is 13.0 Å². The minimum absolute atomic E-state index is 0.0641. The summed E-state index contributed by atoms with van der Waals surface area (Å²) in [6, 6.07) is 11.5. The molecule has 0 atom stereocenters. The highest BCUT2D eigenvalue weighted by molar-refractivity contribution is 6.09. The number of nitrogens with one attached hydrogen (secondary N) is 1. The molecular weight excluding hydrogens is 463 g/mol. The Balaban J connectivity index is 1.38. The number of rotatable bonds is 7. The first-order valence-corrected chi connectivity index (χ1v) is 12.4. The zero-order valence-electron chi connectivity index (χ0n) is 20.1. The Morgan fingerprint density at radius 2 is 1.81 bits per heavy atom. The van der Waals surface area contributed by atoms with Crippen molar-refractivity contribution in [2.45, 2.75) is 25.8 Å². The van der Waals surface area contributed by atoms with E-state index in [4.69, 9.17) is 5.21 Å². The summed E-state index contributed by atoms with van der Waals surface area (Å²) >= 11 is 0. The average Bonchev–Trinajstić information content (AvgIpc) is 3.21. The van der Waals surface area contributed by atoms with Crippen molar-refractivity contribution in [1.82, 2.24) is 19.8 Å². The number of carbonyl (C=O) groups is 2. The van der Waals surface area contributed by atoms with E-state index in [1.807, 2.05) is 17.0 Å². The number of amides is 2. The largest absolute Gasteiger partial charge is 0.396 e. The van der Waals surface area contributed by atoms with Crippen LogP contribution >= 0.6 is 0 Å². The number of aliphatic hydroxyl groups is 1. The summed E-state index contributed by atoms with van der Waals surface area (Å²) in [6.45, 7) is 4.60. The third-order valence-electron chi connectivity index (χ3n) is 7.56. The molecular formula is C27H31FN4O4. The van der Waals surface area contributed by atoms with Gasteiger partial charge in [0.15, 0.2) is 0 Å². The van der Waals surface area contributed by atoms with Crippen LogP contribution in [0.3, 0.4) is 0 Å². The van der Waals surface area contributed by atoms with Gasteiger partial charge in [0.1, 0.15) is 5.82 Å². The second-order valence-electron chi connectivity index (χ2n) is 9.72. The normalized spacial score (nSPS) is 17.0. The fraction of sp³-hybridized carbons (Fsp3) is 0.407. The Kier molecular flexibility index (Phi) is 7.04. The van der Waals surface area contributed by atoms with Gasteiger partial charge in [-0.05, 0) is 67.7 Å². The van der Waals surface area contributed by atoms with Gasteiger partial charge in [0.25, 0.3) is 11.8 Å². The molecule has 36 heavy (non-hydrogen) atoms. The topological polar surface area (TPSA) is 98.0 Å². The molecule has 8 nitrogen and oxygen atoms in total. The van der Waals surface area contributed by atoms with E-state index in [0.29, 0.717) is 48.5 Å². The number of halogens is 1. The summed E-state index contributed by atoms with van der Waals surface area (Å²) in [5.41, 5.74) is 5.18. The Morgan fingerprint density at radius 3 is 2.50 bits per heavy atom. The van der Waals surface area contributed by atoms with Crippen molar-refractivity contribution in [3.05, 3.63) is 70.7 Å². The second kappa shape index (κ2) is 10.4. The van der Waals surface area contributed by atoms with E-state index in [0.717, 1.165) is 49.2 Å². The number of aliphatic hydroxyl groups excluding tert-OH is 1. The molecule has 5 rings (SSSR count). The Bertz CT molecular complexity index is 1270. The minimum Gasteiger partial charge on any atom is -0.396 e. The number of carbonyl (C=O) groups excluding carboxylic acids is 2. The van der Waals surface area contributed by atoms with Gasteiger partial charge in [0.2, 0.25) is 0 Å². The van der Waals surface area contributed by atoms with E-state index in [2.05, 4.69) is 9.47 Å². The summed E-state index contributed by atoms with van der Waals surface area (Å²) in [5.74, 6) is -0.641. The number of fused-ring (bicyclic) bond motifs is 3. The number of piperidine rings is 1. The molecule has 0 unspecified atom stereocenters. The van der Waals surface area contributed by atoms with Crippen LogP contribution in [-0.4, -0.2) is 75.8 Å². The molecule has 0 saturated carbocycles. The summed E-state index contributed by atoms with van der Waals surface area (Å²) in [4.78, 5) is 29.5. The first kappa shape index (κ1) is 24.4. The van der Waals surface area contributed by atoms with E-state index in [-0.39, 0.29) is 18.3 Å². The summed E-state index contributed by atoms with van der Waals surface area (Å²) in [6.07, 6.45) is 2.63. The van der Waals surface area contributed by atoms with Crippen LogP contribution in [0, 0.1) is 11.7 Å². The summed E-state index contributed by atoms with van der Waals surface area (Å²) in [7, 11) is 0. The number of benzene rings is 2. The second-order valence-corrected chi connectivity index (χ2v) is 9.72. The smallest absolute Gasteiger partial charge is 0.274 e. The summed E-state index contributed by atoms with van der Waals surface area (Å²) < 4.78 is 16.3. The molecule has 0 spiro atoms. The van der Waals surface area contributed by atoms with Gasteiger partial charge in [-0.2, -0.15) is 0 Å². The van der Waals surface area contributed by atoms with Gasteiger partial charge in [0, 0.05) is 61.4 Å². The van der Waals surface area contributed by atoms with E-state index in [1.165, 1.54) is 12.1 Å². The van der Waals surface area contributed by atoms with Gasteiger partial charge >= 0.3 is 0 Å². The molecule has 2 amide bonds. The predicted octanol–water partition coefficient (Wildman–Crippen LogP) is 2.65. The van der Waals surface area contributed by atoms with Crippen molar-refractivity contribution in [2.75, 3.05) is 39.3 Å². The highest BCUT2D eigenvalue weighted by Gasteiger charge is 2.31. The molecule has 3 heterocycles. The molecule has 3 N–H and O–H groups in total. The average molecular weight is 495 g/mol. The van der Waals surface area contributed by atoms with E-state index < -0.39 is 5.91 Å². The van der Waals surface area contributed by atoms with Crippen LogP contribution in [0.1, 0.15) is 44.8 Å². The van der Waals surface area contributed by atoms with E-state index in [1.54, 1.807) is 23.7 Å². The Morgan fingerprint density at radius 1 is 1.06 bits per heavy atom. The molecule has 3 aromatic rings. The molecule has 0 aliphatic carbocycles. The maximum absolute atomic E-state index is 14.3. The molecule has 1 saturated heterocycles. The number of nitrogens with zero attached hydrogens (tertiary/aromatic N) is 3. The van der Waals surface area contributed by atoms with Gasteiger partial charge in [-0.1, -0.05) is 12.1 Å². The third kappa shape index (κ3) is 4.74. The summed E-state index contributed by atoms with van der Waals surface area (Å²) in [5, 5.41) is 18.8. The van der Waals surface area contributed by atoms with Gasteiger partial charge in [-0.25, -0.2) is 9.87 Å². The number of hydrogen-bond acceptors (Lipinski definition) is 5. The quantitative estimate of drug-likeness (QED) is 0.347. The van der Waals surface area contributed by atoms with Crippen LogP contribution in [0.2, 0.25) is 0 Å². The molecule has 2 aromatic carbocycles. The van der Waals surface area contributed by atoms with Crippen LogP contribution < -0.4 is 5.48 Å². The molecule has 190 valence electrons. The fourth-order valence-corrected chi connectivity index (χ4v) is 5.44. The van der Waals surface area contributed by atoms with Crippen LogP contribution in [0.4, 0.5) is 4.39 Å². The van der Waals surface area contributed by atoms with Crippen molar-refractivity contribution < 1.29 is 24.3 Å². The fourth-order valence-electron chi connectivity index (χ4n) is 5.44. The van der Waals surface area contributed by atoms with Gasteiger partial charge in [-0.3, -0.25) is 14.8 Å². The number of hydrogen-bond donors (Lipinski definition) is 3. The van der Waals surface area contributed by atoms with Gasteiger partial charge in [0.05, 0.1) is 5.56 Å². The first-order valence-electron chi connectivity index (χ1n) is 12.4. The molecule has 1 aromatic heterocycles. The zero-order chi connectivity index (χ0) is 25.2.